The minimum absolute atomic E-state index is 0.155. The summed E-state index contributed by atoms with van der Waals surface area (Å²) in [4.78, 5) is 11.9. The molecular formula is C15H21F2N3O3S. The number of nitrogens with one attached hydrogen (secondary N) is 3. The van der Waals surface area contributed by atoms with Crippen molar-refractivity contribution in [3.8, 4) is 0 Å². The summed E-state index contributed by atoms with van der Waals surface area (Å²) in [5.74, 6) is 0.159. The first-order chi connectivity index (χ1) is 11.4. The van der Waals surface area contributed by atoms with E-state index in [2.05, 4.69) is 10.6 Å². The number of alkyl halides is 2. The summed E-state index contributed by atoms with van der Waals surface area (Å²) < 4.78 is 49.6. The number of halogens is 2. The Hall–Kier alpha value is -1.58. The molecular weight excluding hydrogens is 340 g/mol. The molecule has 3 N–H and O–H groups in total. The maximum atomic E-state index is 12.1. The Bertz CT molecular complexity index is 644. The summed E-state index contributed by atoms with van der Waals surface area (Å²) in [7, 11) is -4.00. The highest BCUT2D eigenvalue weighted by Crippen LogP contribution is 2.12. The molecule has 2 rings (SSSR count). The molecule has 1 saturated heterocycles. The van der Waals surface area contributed by atoms with E-state index in [0.717, 1.165) is 25.9 Å². The number of carbonyl (C=O) groups is 1. The van der Waals surface area contributed by atoms with Crippen molar-refractivity contribution in [1.82, 2.24) is 15.4 Å². The summed E-state index contributed by atoms with van der Waals surface area (Å²) in [6.45, 7) is 1.52. The van der Waals surface area contributed by atoms with Crippen molar-refractivity contribution in [2.45, 2.75) is 24.2 Å². The van der Waals surface area contributed by atoms with E-state index < -0.39 is 23.0 Å². The number of sulfonamides is 1. The zero-order valence-electron chi connectivity index (χ0n) is 13.1. The Labute approximate surface area is 140 Å². The number of benzene rings is 1. The van der Waals surface area contributed by atoms with Crippen molar-refractivity contribution >= 4 is 15.9 Å². The van der Waals surface area contributed by atoms with Gasteiger partial charge < -0.3 is 10.6 Å². The SMILES string of the molecule is O=C(NCC1CCNCC1)c1ccc(S(=O)(=O)NCC(F)F)cc1. The third-order valence-corrected chi connectivity index (χ3v) is 5.30. The van der Waals surface area contributed by atoms with Gasteiger partial charge in [0.05, 0.1) is 11.4 Å². The predicted molar refractivity (Wildman–Crippen MR) is 85.6 cm³/mol. The fraction of sp³-hybridized carbons (Fsp3) is 0.533. The zero-order chi connectivity index (χ0) is 17.6. The number of amides is 1. The van der Waals surface area contributed by atoms with Gasteiger partial charge in [-0.05, 0) is 56.1 Å². The second kappa shape index (κ2) is 8.50. The van der Waals surface area contributed by atoms with Gasteiger partial charge in [-0.3, -0.25) is 4.79 Å². The topological polar surface area (TPSA) is 87.3 Å². The lowest BCUT2D eigenvalue weighted by Gasteiger charge is -2.22. The first kappa shape index (κ1) is 18.8. The average Bonchev–Trinajstić information content (AvgIpc) is 2.59. The van der Waals surface area contributed by atoms with Crippen LogP contribution in [0.4, 0.5) is 8.78 Å². The maximum absolute atomic E-state index is 12.1. The Balaban J connectivity index is 1.91. The van der Waals surface area contributed by atoms with Gasteiger partial charge in [-0.2, -0.15) is 0 Å². The normalized spacial score (nSPS) is 16.3. The predicted octanol–water partition coefficient (Wildman–Crippen LogP) is 0.959. The molecule has 0 bridgehead atoms. The van der Waals surface area contributed by atoms with Crippen molar-refractivity contribution < 1.29 is 22.0 Å². The summed E-state index contributed by atoms with van der Waals surface area (Å²) >= 11 is 0. The minimum Gasteiger partial charge on any atom is -0.352 e. The molecule has 6 nitrogen and oxygen atoms in total. The Morgan fingerprint density at radius 3 is 2.42 bits per heavy atom. The Kier molecular flexibility index (Phi) is 6.64. The monoisotopic (exact) mass is 361 g/mol. The molecule has 1 aromatic rings. The van der Waals surface area contributed by atoms with Gasteiger partial charge in [-0.1, -0.05) is 0 Å². The third kappa shape index (κ3) is 5.50. The standard InChI is InChI=1S/C15H21F2N3O3S/c16-14(17)10-20-24(22,23)13-3-1-12(2-4-13)15(21)19-9-11-5-7-18-8-6-11/h1-4,11,14,18,20H,5-10H2,(H,19,21). The molecule has 0 aliphatic carbocycles. The molecule has 0 spiro atoms. The van der Waals surface area contributed by atoms with Crippen molar-refractivity contribution in [2.75, 3.05) is 26.2 Å². The molecule has 1 amide bonds. The summed E-state index contributed by atoms with van der Waals surface area (Å²) in [6, 6.07) is 5.20. The van der Waals surface area contributed by atoms with Crippen LogP contribution in [-0.4, -0.2) is 46.9 Å². The lowest BCUT2D eigenvalue weighted by molar-refractivity contribution is 0.0944. The quantitative estimate of drug-likeness (QED) is 0.675. The highest BCUT2D eigenvalue weighted by molar-refractivity contribution is 7.89. The molecule has 1 fully saturated rings. The van der Waals surface area contributed by atoms with Crippen LogP contribution < -0.4 is 15.4 Å². The van der Waals surface area contributed by atoms with E-state index in [4.69, 9.17) is 0 Å². The first-order valence-electron chi connectivity index (χ1n) is 7.75. The Morgan fingerprint density at radius 2 is 1.83 bits per heavy atom. The smallest absolute Gasteiger partial charge is 0.251 e. The van der Waals surface area contributed by atoms with E-state index in [-0.39, 0.29) is 10.8 Å². The number of hydrogen-bond donors (Lipinski definition) is 3. The van der Waals surface area contributed by atoms with Crippen LogP contribution in [0.2, 0.25) is 0 Å². The molecule has 0 aromatic heterocycles. The van der Waals surface area contributed by atoms with Gasteiger partial charge in [0.15, 0.2) is 0 Å². The summed E-state index contributed by atoms with van der Waals surface area (Å²) in [6.07, 6.45) is -0.750. The van der Waals surface area contributed by atoms with Crippen molar-refractivity contribution in [3.63, 3.8) is 0 Å². The van der Waals surface area contributed by atoms with Gasteiger partial charge in [-0.25, -0.2) is 21.9 Å². The number of carbonyl (C=O) groups excluding carboxylic acids is 1. The number of piperidine rings is 1. The number of hydrogen-bond acceptors (Lipinski definition) is 4. The zero-order valence-corrected chi connectivity index (χ0v) is 13.9. The molecule has 1 aliphatic heterocycles. The van der Waals surface area contributed by atoms with Crippen molar-refractivity contribution in [1.29, 1.82) is 0 Å². The molecule has 134 valence electrons. The fourth-order valence-corrected chi connectivity index (χ4v) is 3.47. The van der Waals surface area contributed by atoms with Gasteiger partial charge >= 0.3 is 0 Å². The molecule has 0 radical (unpaired) electrons. The van der Waals surface area contributed by atoms with E-state index in [0.29, 0.717) is 18.0 Å². The molecule has 1 heterocycles. The van der Waals surface area contributed by atoms with Crippen LogP contribution in [0.3, 0.4) is 0 Å². The first-order valence-corrected chi connectivity index (χ1v) is 9.23. The average molecular weight is 361 g/mol. The fourth-order valence-electron chi connectivity index (χ4n) is 2.47. The molecule has 1 aliphatic rings. The highest BCUT2D eigenvalue weighted by Gasteiger charge is 2.18. The van der Waals surface area contributed by atoms with Crippen molar-refractivity contribution in [2.24, 2.45) is 5.92 Å². The van der Waals surface area contributed by atoms with Gasteiger partial charge in [-0.15, -0.1) is 0 Å². The molecule has 24 heavy (non-hydrogen) atoms. The van der Waals surface area contributed by atoms with Crippen LogP contribution in [0.15, 0.2) is 29.2 Å². The van der Waals surface area contributed by atoms with Gasteiger partial charge in [0, 0.05) is 12.1 Å². The maximum Gasteiger partial charge on any atom is 0.251 e. The van der Waals surface area contributed by atoms with Gasteiger partial charge in [0.1, 0.15) is 0 Å². The summed E-state index contributed by atoms with van der Waals surface area (Å²) in [5.41, 5.74) is 0.330. The van der Waals surface area contributed by atoms with E-state index >= 15 is 0 Å². The van der Waals surface area contributed by atoms with Crippen LogP contribution in [0.1, 0.15) is 23.2 Å². The molecule has 1 aromatic carbocycles. The second-order valence-corrected chi connectivity index (χ2v) is 7.44. The molecule has 0 atom stereocenters. The highest BCUT2D eigenvalue weighted by atomic mass is 32.2. The lowest BCUT2D eigenvalue weighted by atomic mass is 9.98. The minimum atomic E-state index is -4.00. The van der Waals surface area contributed by atoms with E-state index in [1.165, 1.54) is 24.3 Å². The van der Waals surface area contributed by atoms with Gasteiger partial charge in [0.25, 0.3) is 12.3 Å². The lowest BCUT2D eigenvalue weighted by Crippen LogP contribution is -2.36. The van der Waals surface area contributed by atoms with Crippen LogP contribution >= 0.6 is 0 Å². The molecule has 0 saturated carbocycles. The van der Waals surface area contributed by atoms with Crippen LogP contribution in [0, 0.1) is 5.92 Å². The third-order valence-electron chi connectivity index (χ3n) is 3.86. The van der Waals surface area contributed by atoms with Crippen LogP contribution in [0.5, 0.6) is 0 Å². The van der Waals surface area contributed by atoms with Crippen molar-refractivity contribution in [3.05, 3.63) is 29.8 Å². The molecule has 9 heteroatoms. The van der Waals surface area contributed by atoms with E-state index in [1.807, 2.05) is 4.72 Å². The van der Waals surface area contributed by atoms with Crippen LogP contribution in [0.25, 0.3) is 0 Å². The van der Waals surface area contributed by atoms with E-state index in [9.17, 15) is 22.0 Å². The summed E-state index contributed by atoms with van der Waals surface area (Å²) in [5, 5.41) is 6.09. The largest absolute Gasteiger partial charge is 0.352 e. The van der Waals surface area contributed by atoms with E-state index in [1.54, 1.807) is 0 Å². The number of rotatable bonds is 7. The molecule has 0 unspecified atom stereocenters. The second-order valence-electron chi connectivity index (χ2n) is 5.67. The Morgan fingerprint density at radius 1 is 1.21 bits per heavy atom. The van der Waals surface area contributed by atoms with Gasteiger partial charge in [0.2, 0.25) is 10.0 Å². The van der Waals surface area contributed by atoms with Crippen LogP contribution in [-0.2, 0) is 10.0 Å².